The number of hydrogen-bond donors (Lipinski definition) is 3. The van der Waals surface area contributed by atoms with Crippen molar-refractivity contribution >= 4 is 22.6 Å². The summed E-state index contributed by atoms with van der Waals surface area (Å²) in [6.45, 7) is 5.47. The highest BCUT2D eigenvalue weighted by molar-refractivity contribution is 7.83. The Kier molecular flexibility index (Phi) is 7.75. The minimum atomic E-state index is -1.67. The number of amides is 1. The number of aromatic nitrogens is 1. The number of nitrogens with zero attached hydrogens (tertiary/aromatic N) is 2. The average molecular weight is 445 g/mol. The highest BCUT2D eigenvalue weighted by atomic mass is 32.2. The van der Waals surface area contributed by atoms with Crippen LogP contribution < -0.4 is 10.0 Å². The number of nitrogens with one attached hydrogen (secondary N) is 2. The molecule has 2 aromatic rings. The number of rotatable bonds is 3. The molecule has 3 unspecified atom stereocenters. The first-order chi connectivity index (χ1) is 14.7. The van der Waals surface area contributed by atoms with Gasteiger partial charge in [0.1, 0.15) is 34.2 Å². The molecule has 3 atom stereocenters. The number of hydrogen-bond acceptors (Lipinski definition) is 4. The van der Waals surface area contributed by atoms with E-state index in [0.717, 1.165) is 6.07 Å². The van der Waals surface area contributed by atoms with Gasteiger partial charge < -0.3 is 15.0 Å². The second-order valence-electron chi connectivity index (χ2n) is 6.96. The number of carbonyl (C=O) groups is 1. The van der Waals surface area contributed by atoms with Crippen LogP contribution in [0.1, 0.15) is 48.8 Å². The number of nitriles is 1. The number of terminal acetylenes is 1. The Morgan fingerprint density at radius 3 is 2.77 bits per heavy atom. The number of aryl methyl sites for hydroxylation is 1. The zero-order valence-corrected chi connectivity index (χ0v) is 18.6. The molecule has 1 aliphatic rings. The number of aliphatic hydroxyl groups is 1. The van der Waals surface area contributed by atoms with Crippen molar-refractivity contribution in [3.8, 4) is 18.4 Å². The Morgan fingerprint density at radius 1 is 1.48 bits per heavy atom. The Bertz CT molecular complexity index is 1100. The summed E-state index contributed by atoms with van der Waals surface area (Å²) in [7, 11) is -0.0164. The molecular formula is C22H25FN4O3S. The lowest BCUT2D eigenvalue weighted by atomic mass is 9.92. The second-order valence-corrected chi connectivity index (χ2v) is 8.17. The van der Waals surface area contributed by atoms with Gasteiger partial charge in [-0.1, -0.05) is 19.8 Å². The third kappa shape index (κ3) is 5.02. The van der Waals surface area contributed by atoms with Gasteiger partial charge in [0, 0.05) is 24.5 Å². The van der Waals surface area contributed by atoms with Gasteiger partial charge in [0.2, 0.25) is 0 Å². The molecule has 0 aliphatic carbocycles. The maximum Gasteiger partial charge on any atom is 0.272 e. The van der Waals surface area contributed by atoms with Crippen LogP contribution in [0.4, 0.5) is 10.1 Å². The second kappa shape index (κ2) is 9.88. The molecule has 0 radical (unpaired) electrons. The van der Waals surface area contributed by atoms with E-state index in [4.69, 9.17) is 11.7 Å². The highest BCUT2D eigenvalue weighted by Gasteiger charge is 2.36. The van der Waals surface area contributed by atoms with Crippen molar-refractivity contribution in [3.63, 3.8) is 0 Å². The van der Waals surface area contributed by atoms with Crippen LogP contribution in [-0.4, -0.2) is 31.4 Å². The molecule has 0 saturated heterocycles. The molecule has 0 fully saturated rings. The molecule has 1 aromatic heterocycles. The molecule has 0 bridgehead atoms. The number of carbonyl (C=O) groups excluding carboxylic acids is 1. The molecule has 0 spiro atoms. The highest BCUT2D eigenvalue weighted by Crippen LogP contribution is 2.28. The quantitative estimate of drug-likeness (QED) is 0.633. The first kappa shape index (κ1) is 24.3. The van der Waals surface area contributed by atoms with Crippen LogP contribution in [0.2, 0.25) is 0 Å². The molecule has 2 heterocycles. The van der Waals surface area contributed by atoms with Crippen LogP contribution in [-0.2, 0) is 24.5 Å². The summed E-state index contributed by atoms with van der Waals surface area (Å²) in [5.41, 5.74) is -0.541. The van der Waals surface area contributed by atoms with Crippen LogP contribution in [0.15, 0.2) is 29.3 Å². The summed E-state index contributed by atoms with van der Waals surface area (Å²) in [6, 6.07) is 4.81. The fourth-order valence-electron chi connectivity index (χ4n) is 3.26. The van der Waals surface area contributed by atoms with Crippen molar-refractivity contribution in [2.75, 3.05) is 5.32 Å². The maximum absolute atomic E-state index is 13.5. The van der Waals surface area contributed by atoms with E-state index < -0.39 is 34.4 Å². The fourth-order valence-corrected chi connectivity index (χ4v) is 4.67. The van der Waals surface area contributed by atoms with E-state index in [2.05, 4.69) is 16.0 Å². The van der Waals surface area contributed by atoms with Gasteiger partial charge in [0.05, 0.1) is 16.5 Å². The zero-order chi connectivity index (χ0) is 23.3. The predicted octanol–water partition coefficient (Wildman–Crippen LogP) is 2.63. The lowest BCUT2D eigenvalue weighted by Crippen LogP contribution is -2.48. The number of halogens is 1. The normalized spacial score (nSPS) is 19.4. The summed E-state index contributed by atoms with van der Waals surface area (Å²) >= 11 is 0. The smallest absolute Gasteiger partial charge is 0.272 e. The predicted molar refractivity (Wildman–Crippen MR) is 117 cm³/mol. The Balaban J connectivity index is 0.00000166. The molecule has 0 saturated carbocycles. The van der Waals surface area contributed by atoms with E-state index >= 15 is 0 Å². The Labute approximate surface area is 183 Å². The largest absolute Gasteiger partial charge is 0.376 e. The van der Waals surface area contributed by atoms with Gasteiger partial charge in [0.15, 0.2) is 0 Å². The molecule has 164 valence electrons. The number of anilines is 1. The van der Waals surface area contributed by atoms with Crippen molar-refractivity contribution in [2.24, 2.45) is 7.05 Å². The first-order valence-electron chi connectivity index (χ1n) is 9.75. The van der Waals surface area contributed by atoms with Crippen molar-refractivity contribution in [2.45, 2.75) is 50.2 Å². The van der Waals surface area contributed by atoms with Crippen molar-refractivity contribution in [1.82, 2.24) is 9.29 Å². The molecule has 9 heteroatoms. The maximum atomic E-state index is 13.5. The third-order valence-corrected chi connectivity index (χ3v) is 6.16. The van der Waals surface area contributed by atoms with Gasteiger partial charge in [-0.25, -0.2) is 13.3 Å². The Hall–Kier alpha value is -2.98. The van der Waals surface area contributed by atoms with Crippen molar-refractivity contribution in [1.29, 1.82) is 5.26 Å². The van der Waals surface area contributed by atoms with Crippen LogP contribution in [0.25, 0.3) is 0 Å². The summed E-state index contributed by atoms with van der Waals surface area (Å²) in [5.74, 6) is 1.13. The molecule has 3 N–H and O–H groups in total. The van der Waals surface area contributed by atoms with E-state index in [1.165, 1.54) is 19.1 Å². The van der Waals surface area contributed by atoms with Gasteiger partial charge in [0.25, 0.3) is 5.91 Å². The van der Waals surface area contributed by atoms with Gasteiger partial charge in [-0.05, 0) is 38.0 Å². The Morgan fingerprint density at radius 2 is 2.16 bits per heavy atom. The summed E-state index contributed by atoms with van der Waals surface area (Å²) in [6.07, 6.45) is 7.71. The van der Waals surface area contributed by atoms with E-state index in [-0.39, 0.29) is 11.3 Å². The molecule has 1 aliphatic heterocycles. The van der Waals surface area contributed by atoms with Gasteiger partial charge in [-0.15, -0.1) is 6.42 Å². The lowest BCUT2D eigenvalue weighted by molar-refractivity contribution is 0.0833. The van der Waals surface area contributed by atoms with Crippen molar-refractivity contribution < 1.29 is 18.5 Å². The monoisotopic (exact) mass is 444 g/mol. The van der Waals surface area contributed by atoms with Crippen LogP contribution in [0.5, 0.6) is 0 Å². The molecule has 3 rings (SSSR count). The zero-order valence-electron chi connectivity index (χ0n) is 17.8. The molecule has 31 heavy (non-hydrogen) atoms. The first-order valence-corrected chi connectivity index (χ1v) is 10.9. The minimum absolute atomic E-state index is 0.182. The lowest BCUT2D eigenvalue weighted by Gasteiger charge is -2.27. The number of fused-ring (bicyclic) bond motifs is 1. The molecular weight excluding hydrogens is 419 g/mol. The van der Waals surface area contributed by atoms with E-state index in [0.29, 0.717) is 29.0 Å². The van der Waals surface area contributed by atoms with E-state index in [1.54, 1.807) is 23.9 Å². The number of benzene rings is 1. The molecule has 1 amide bonds. The van der Waals surface area contributed by atoms with Gasteiger partial charge in [-0.3, -0.25) is 4.79 Å². The summed E-state index contributed by atoms with van der Waals surface area (Å²) in [5, 5.41) is 21.9. The van der Waals surface area contributed by atoms with Gasteiger partial charge in [-0.2, -0.15) is 5.26 Å². The standard InChI is InChI=1S/C20H19FN4O3S.C2H6/c1-4-20(2,27)17-8-6-14-16(29(28)24-17)11-25(3)18(14)19(26)23-13-5-7-15(21)12(9-13)10-22;1-2/h1,5,7,9,11,17,24,27H,6,8H2,2-3H3,(H,23,26);1-2H3. The fraction of sp³-hybridized carbons (Fsp3) is 0.364. The molecule has 1 aromatic carbocycles. The van der Waals surface area contributed by atoms with Crippen molar-refractivity contribution in [3.05, 3.63) is 47.0 Å². The third-order valence-electron chi connectivity index (χ3n) is 4.91. The summed E-state index contributed by atoms with van der Waals surface area (Å²) in [4.78, 5) is 13.3. The average Bonchev–Trinajstić information content (AvgIpc) is 3.00. The minimum Gasteiger partial charge on any atom is -0.376 e. The van der Waals surface area contributed by atoms with Gasteiger partial charge >= 0.3 is 0 Å². The topological polar surface area (TPSA) is 107 Å². The van der Waals surface area contributed by atoms with Crippen LogP contribution in [0.3, 0.4) is 0 Å². The SMILES string of the molecule is C#CC(C)(O)C1CCc2c(cn(C)c2C(=O)Nc2ccc(F)c(C#N)c2)S(=O)N1.CC. The van der Waals surface area contributed by atoms with Crippen LogP contribution >= 0.6 is 0 Å². The summed E-state index contributed by atoms with van der Waals surface area (Å²) < 4.78 is 30.6. The van der Waals surface area contributed by atoms with E-state index in [9.17, 15) is 18.5 Å². The molecule has 7 nitrogen and oxygen atoms in total. The van der Waals surface area contributed by atoms with Crippen LogP contribution in [0, 0.1) is 29.5 Å². The van der Waals surface area contributed by atoms with E-state index in [1.807, 2.05) is 13.8 Å².